The molecule has 0 unspecified atom stereocenters. The van der Waals surface area contributed by atoms with E-state index in [1.165, 1.54) is 17.0 Å². The van der Waals surface area contributed by atoms with E-state index < -0.39 is 22.5 Å². The number of nitrogens with one attached hydrogen (secondary N) is 1. The molecular formula is C33H29N3O5S. The molecule has 0 aliphatic carbocycles. The fourth-order valence-electron chi connectivity index (χ4n) is 4.20. The van der Waals surface area contributed by atoms with Gasteiger partial charge in [-0.2, -0.15) is 5.10 Å². The molecule has 0 radical (unpaired) electrons. The van der Waals surface area contributed by atoms with Crippen molar-refractivity contribution in [3.05, 3.63) is 132 Å². The molecule has 5 aromatic rings. The van der Waals surface area contributed by atoms with Gasteiger partial charge in [-0.25, -0.2) is 13.8 Å². The highest BCUT2D eigenvalue weighted by molar-refractivity contribution is 7.92. The van der Waals surface area contributed by atoms with Crippen LogP contribution >= 0.6 is 0 Å². The van der Waals surface area contributed by atoms with Crippen molar-refractivity contribution in [1.82, 2.24) is 5.43 Å². The first kappa shape index (κ1) is 28.4. The molecule has 42 heavy (non-hydrogen) atoms. The fourth-order valence-corrected chi connectivity index (χ4v) is 5.05. The minimum Gasteiger partial charge on any atom is -0.489 e. The maximum absolute atomic E-state index is 12.6. The highest BCUT2D eigenvalue weighted by Crippen LogP contribution is 2.25. The Balaban J connectivity index is 1.13. The number of benzene rings is 5. The normalized spacial score (nSPS) is 11.4. The van der Waals surface area contributed by atoms with Crippen molar-refractivity contribution in [2.75, 3.05) is 17.1 Å². The van der Waals surface area contributed by atoms with Crippen LogP contribution in [0.15, 0.2) is 126 Å². The van der Waals surface area contributed by atoms with Gasteiger partial charge in [0.1, 0.15) is 30.4 Å². The molecule has 0 aliphatic rings. The maximum atomic E-state index is 12.6. The Hall–Kier alpha value is -5.15. The number of hydrazone groups is 1. The lowest BCUT2D eigenvalue weighted by Crippen LogP contribution is -2.38. The summed E-state index contributed by atoms with van der Waals surface area (Å²) in [6.07, 6.45) is 2.52. The zero-order valence-corrected chi connectivity index (χ0v) is 23.7. The number of anilines is 1. The molecule has 5 aromatic carbocycles. The molecule has 0 aromatic heterocycles. The molecule has 0 saturated carbocycles. The van der Waals surface area contributed by atoms with E-state index in [2.05, 4.69) is 34.8 Å². The van der Waals surface area contributed by atoms with Crippen molar-refractivity contribution in [2.45, 2.75) is 6.61 Å². The molecule has 0 aliphatic heterocycles. The number of hydrogen-bond acceptors (Lipinski definition) is 6. The predicted molar refractivity (Wildman–Crippen MR) is 166 cm³/mol. The van der Waals surface area contributed by atoms with Gasteiger partial charge in [0.2, 0.25) is 10.0 Å². The number of fused-ring (bicyclic) bond motifs is 1. The summed E-state index contributed by atoms with van der Waals surface area (Å²) >= 11 is 0. The number of nitrogens with zero attached hydrogens (tertiary/aromatic N) is 2. The Morgan fingerprint density at radius 2 is 1.43 bits per heavy atom. The lowest BCUT2D eigenvalue weighted by Gasteiger charge is -2.21. The summed E-state index contributed by atoms with van der Waals surface area (Å²) in [6, 6.07) is 37.4. The Morgan fingerprint density at radius 3 is 2.14 bits per heavy atom. The van der Waals surface area contributed by atoms with E-state index in [4.69, 9.17) is 9.47 Å². The average molecular weight is 580 g/mol. The molecule has 0 atom stereocenters. The van der Waals surface area contributed by atoms with Crippen LogP contribution < -0.4 is 19.2 Å². The number of amides is 1. The van der Waals surface area contributed by atoms with Crippen molar-refractivity contribution in [1.29, 1.82) is 0 Å². The second-order valence-electron chi connectivity index (χ2n) is 9.51. The molecule has 1 amide bonds. The maximum Gasteiger partial charge on any atom is 0.260 e. The number of rotatable bonds is 11. The molecule has 212 valence electrons. The number of sulfonamides is 1. The first-order valence-corrected chi connectivity index (χ1v) is 15.0. The molecule has 5 rings (SSSR count). The van der Waals surface area contributed by atoms with Gasteiger partial charge in [-0.3, -0.25) is 9.10 Å². The van der Waals surface area contributed by atoms with Crippen LogP contribution in [0.2, 0.25) is 0 Å². The smallest absolute Gasteiger partial charge is 0.260 e. The zero-order valence-electron chi connectivity index (χ0n) is 22.9. The van der Waals surface area contributed by atoms with Crippen LogP contribution in [0, 0.1) is 0 Å². The average Bonchev–Trinajstić information content (AvgIpc) is 3.00. The van der Waals surface area contributed by atoms with Gasteiger partial charge in [-0.15, -0.1) is 0 Å². The summed E-state index contributed by atoms with van der Waals surface area (Å²) in [5.41, 5.74) is 4.53. The summed E-state index contributed by atoms with van der Waals surface area (Å²) in [7, 11) is -3.74. The van der Waals surface area contributed by atoms with E-state index in [0.29, 0.717) is 29.5 Å². The van der Waals surface area contributed by atoms with E-state index in [1.807, 2.05) is 72.8 Å². The lowest BCUT2D eigenvalue weighted by atomic mass is 10.1. The van der Waals surface area contributed by atoms with Gasteiger partial charge >= 0.3 is 0 Å². The Labute approximate surface area is 244 Å². The monoisotopic (exact) mass is 579 g/mol. The third-order valence-electron chi connectivity index (χ3n) is 6.29. The second-order valence-corrected chi connectivity index (χ2v) is 11.4. The SMILES string of the molecule is CS(=O)(=O)N(CC(=O)N/N=C\c1ccc(OCc2ccc3ccccc3c2)cc1)c1ccc(Oc2ccccc2)cc1. The van der Waals surface area contributed by atoms with Crippen molar-refractivity contribution >= 4 is 38.6 Å². The highest BCUT2D eigenvalue weighted by atomic mass is 32.2. The Morgan fingerprint density at radius 1 is 0.786 bits per heavy atom. The quantitative estimate of drug-likeness (QED) is 0.150. The predicted octanol–water partition coefficient (Wildman–Crippen LogP) is 6.13. The standard InChI is InChI=1S/C33H29N3O5S/c1-42(38,39)36(29-15-19-32(20-16-29)41-31-9-3-2-4-10-31)23-33(37)35-34-22-25-12-17-30(18-13-25)40-24-26-11-14-27-7-5-6-8-28(27)21-26/h2-22H,23-24H2,1H3,(H,35,37)/b34-22-. The van der Waals surface area contributed by atoms with Crippen molar-refractivity contribution in [3.8, 4) is 17.2 Å². The highest BCUT2D eigenvalue weighted by Gasteiger charge is 2.21. The van der Waals surface area contributed by atoms with Gasteiger partial charge in [-0.1, -0.05) is 54.6 Å². The van der Waals surface area contributed by atoms with E-state index in [-0.39, 0.29) is 0 Å². The Bertz CT molecular complexity index is 1790. The largest absolute Gasteiger partial charge is 0.489 e. The summed E-state index contributed by atoms with van der Waals surface area (Å²) < 4.78 is 37.5. The molecule has 0 heterocycles. The van der Waals surface area contributed by atoms with Gasteiger partial charge in [0.25, 0.3) is 5.91 Å². The molecule has 8 nitrogen and oxygen atoms in total. The van der Waals surface area contributed by atoms with Gasteiger partial charge in [0, 0.05) is 0 Å². The molecule has 0 bridgehead atoms. The van der Waals surface area contributed by atoms with Crippen molar-refractivity contribution < 1.29 is 22.7 Å². The summed E-state index contributed by atoms with van der Waals surface area (Å²) in [6.45, 7) is 0.00452. The molecular weight excluding hydrogens is 550 g/mol. The van der Waals surface area contributed by atoms with Crippen LogP contribution in [0.3, 0.4) is 0 Å². The van der Waals surface area contributed by atoms with Gasteiger partial charge in [0.15, 0.2) is 0 Å². The number of hydrogen-bond donors (Lipinski definition) is 1. The van der Waals surface area contributed by atoms with Gasteiger partial charge < -0.3 is 9.47 Å². The third-order valence-corrected chi connectivity index (χ3v) is 7.43. The minimum absolute atomic E-state index is 0.330. The van der Waals surface area contributed by atoms with Gasteiger partial charge in [-0.05, 0) is 88.6 Å². The molecule has 1 N–H and O–H groups in total. The van der Waals surface area contributed by atoms with Crippen molar-refractivity contribution in [2.24, 2.45) is 5.10 Å². The first-order chi connectivity index (χ1) is 20.3. The lowest BCUT2D eigenvalue weighted by molar-refractivity contribution is -0.119. The third kappa shape index (κ3) is 7.74. The van der Waals surface area contributed by atoms with E-state index in [1.54, 1.807) is 24.3 Å². The molecule has 0 fully saturated rings. The molecule has 9 heteroatoms. The number of carbonyl (C=O) groups is 1. The summed E-state index contributed by atoms with van der Waals surface area (Å²) in [5.74, 6) is 1.31. The molecule has 0 saturated heterocycles. The van der Waals surface area contributed by atoms with Crippen LogP contribution in [0.4, 0.5) is 5.69 Å². The van der Waals surface area contributed by atoms with Crippen LogP contribution in [0.5, 0.6) is 17.2 Å². The molecule has 0 spiro atoms. The summed E-state index contributed by atoms with van der Waals surface area (Å²) in [4.78, 5) is 12.6. The minimum atomic E-state index is -3.74. The van der Waals surface area contributed by atoms with Gasteiger partial charge in [0.05, 0.1) is 18.2 Å². The Kier molecular flexibility index (Phi) is 8.79. The van der Waals surface area contributed by atoms with Crippen LogP contribution in [0.25, 0.3) is 10.8 Å². The fraction of sp³-hybridized carbons (Fsp3) is 0.0909. The topological polar surface area (TPSA) is 97.3 Å². The van der Waals surface area contributed by atoms with Crippen molar-refractivity contribution in [3.63, 3.8) is 0 Å². The number of para-hydroxylation sites is 1. The number of ether oxygens (including phenoxy) is 2. The zero-order chi connectivity index (χ0) is 29.4. The van der Waals surface area contributed by atoms with Crippen LogP contribution in [-0.2, 0) is 21.4 Å². The van der Waals surface area contributed by atoms with E-state index >= 15 is 0 Å². The van der Waals surface area contributed by atoms with E-state index in [9.17, 15) is 13.2 Å². The first-order valence-electron chi connectivity index (χ1n) is 13.2. The summed E-state index contributed by atoms with van der Waals surface area (Å²) in [5, 5.41) is 6.33. The second kappa shape index (κ2) is 13.0. The van der Waals surface area contributed by atoms with Crippen LogP contribution in [-0.4, -0.2) is 33.3 Å². The number of carbonyl (C=O) groups excluding carboxylic acids is 1. The van der Waals surface area contributed by atoms with Crippen LogP contribution in [0.1, 0.15) is 11.1 Å². The van der Waals surface area contributed by atoms with E-state index in [0.717, 1.165) is 21.7 Å².